The van der Waals surface area contributed by atoms with Crippen molar-refractivity contribution in [2.75, 3.05) is 0 Å². The number of hydrogen-bond donors (Lipinski definition) is 2. The zero-order chi connectivity index (χ0) is 8.81. The second kappa shape index (κ2) is 4.35. The molecular weight excluding hydrogens is 174 g/mol. The first-order valence-electron chi connectivity index (χ1n) is 3.13. The average molecular weight is 181 g/mol. The summed E-state index contributed by atoms with van der Waals surface area (Å²) in [5.74, 6) is 0. The fourth-order valence-corrected chi connectivity index (χ4v) is 0.592. The summed E-state index contributed by atoms with van der Waals surface area (Å²) < 4.78 is 0. The zero-order valence-corrected chi connectivity index (χ0v) is 6.95. The molecule has 1 aromatic rings. The van der Waals surface area contributed by atoms with Crippen LogP contribution in [0, 0.1) is 0 Å². The maximum atomic E-state index is 5.13. The molecule has 1 aromatic heterocycles. The number of aromatic nitrogens is 2. The molecule has 0 atom stereocenters. The molecule has 12 heavy (non-hydrogen) atoms. The molecule has 62 valence electrons. The van der Waals surface area contributed by atoms with Gasteiger partial charge < -0.3 is 5.73 Å². The number of nitrogens with two attached hydrogens (primary N) is 1. The van der Waals surface area contributed by atoms with E-state index < -0.39 is 0 Å². The lowest BCUT2D eigenvalue weighted by atomic mass is 10.4. The van der Waals surface area contributed by atoms with Gasteiger partial charge in [0.15, 0.2) is 5.11 Å². The van der Waals surface area contributed by atoms with Gasteiger partial charge >= 0.3 is 0 Å². The number of hydrazone groups is 1. The van der Waals surface area contributed by atoms with Crippen molar-refractivity contribution in [3.8, 4) is 0 Å². The SMILES string of the molecule is NC(=S)NN=Cc1ccncn1. The normalized spacial score (nSPS) is 10.0. The van der Waals surface area contributed by atoms with Crippen molar-refractivity contribution in [1.29, 1.82) is 0 Å². The molecule has 1 rings (SSSR count). The summed E-state index contributed by atoms with van der Waals surface area (Å²) in [4.78, 5) is 7.64. The third kappa shape index (κ3) is 3.02. The largest absolute Gasteiger partial charge is 0.375 e. The maximum Gasteiger partial charge on any atom is 0.184 e. The van der Waals surface area contributed by atoms with Gasteiger partial charge in [0.25, 0.3) is 0 Å². The number of nitrogens with one attached hydrogen (secondary N) is 1. The van der Waals surface area contributed by atoms with Crippen molar-refractivity contribution in [2.24, 2.45) is 10.8 Å². The smallest absolute Gasteiger partial charge is 0.184 e. The van der Waals surface area contributed by atoms with Gasteiger partial charge in [0.1, 0.15) is 6.33 Å². The van der Waals surface area contributed by atoms with Crippen molar-refractivity contribution >= 4 is 23.5 Å². The summed E-state index contributed by atoms with van der Waals surface area (Å²) in [6.07, 6.45) is 4.55. The molecule has 0 unspecified atom stereocenters. The van der Waals surface area contributed by atoms with Crippen LogP contribution in [-0.4, -0.2) is 21.3 Å². The molecule has 0 aliphatic carbocycles. The summed E-state index contributed by atoms with van der Waals surface area (Å²) in [6, 6.07) is 1.71. The summed E-state index contributed by atoms with van der Waals surface area (Å²) in [5.41, 5.74) is 8.23. The van der Waals surface area contributed by atoms with Crippen molar-refractivity contribution < 1.29 is 0 Å². The highest BCUT2D eigenvalue weighted by molar-refractivity contribution is 7.80. The lowest BCUT2D eigenvalue weighted by molar-refractivity contribution is 1.04. The Morgan fingerprint density at radius 1 is 1.75 bits per heavy atom. The van der Waals surface area contributed by atoms with Crippen LogP contribution in [0.1, 0.15) is 5.69 Å². The van der Waals surface area contributed by atoms with Gasteiger partial charge in [-0.1, -0.05) is 0 Å². The fraction of sp³-hybridized carbons (Fsp3) is 0. The highest BCUT2D eigenvalue weighted by atomic mass is 32.1. The van der Waals surface area contributed by atoms with Crippen molar-refractivity contribution in [2.45, 2.75) is 0 Å². The third-order valence-corrected chi connectivity index (χ3v) is 1.07. The topological polar surface area (TPSA) is 76.2 Å². The number of hydrogen-bond acceptors (Lipinski definition) is 4. The Morgan fingerprint density at radius 2 is 2.58 bits per heavy atom. The molecule has 0 amide bonds. The Bertz CT molecular complexity index is 283. The lowest BCUT2D eigenvalue weighted by Gasteiger charge is -1.92. The Hall–Kier alpha value is -1.56. The molecule has 0 radical (unpaired) electrons. The van der Waals surface area contributed by atoms with Crippen molar-refractivity contribution in [3.05, 3.63) is 24.3 Å². The summed E-state index contributed by atoms with van der Waals surface area (Å²) in [7, 11) is 0. The molecular formula is C6H7N5S. The molecule has 3 N–H and O–H groups in total. The first-order valence-corrected chi connectivity index (χ1v) is 3.54. The predicted octanol–water partition coefficient (Wildman–Crippen LogP) is -0.356. The van der Waals surface area contributed by atoms with E-state index >= 15 is 0 Å². The van der Waals surface area contributed by atoms with E-state index in [1.54, 1.807) is 12.3 Å². The van der Waals surface area contributed by atoms with Gasteiger partial charge in [0, 0.05) is 6.20 Å². The molecule has 0 aliphatic rings. The summed E-state index contributed by atoms with van der Waals surface area (Å²) >= 11 is 4.53. The van der Waals surface area contributed by atoms with Crippen LogP contribution in [0.25, 0.3) is 0 Å². The Morgan fingerprint density at radius 3 is 3.17 bits per heavy atom. The van der Waals surface area contributed by atoms with Crippen LogP contribution < -0.4 is 11.2 Å². The fourth-order valence-electron chi connectivity index (χ4n) is 0.539. The van der Waals surface area contributed by atoms with E-state index in [4.69, 9.17) is 5.73 Å². The van der Waals surface area contributed by atoms with Crippen LogP contribution in [0.4, 0.5) is 0 Å². The minimum atomic E-state index is 0.125. The van der Waals surface area contributed by atoms with Crippen molar-refractivity contribution in [1.82, 2.24) is 15.4 Å². The van der Waals surface area contributed by atoms with Gasteiger partial charge in [0.2, 0.25) is 0 Å². The molecule has 0 saturated heterocycles. The van der Waals surface area contributed by atoms with Crippen LogP contribution in [0.15, 0.2) is 23.7 Å². The monoisotopic (exact) mass is 181 g/mol. The number of nitrogens with zero attached hydrogens (tertiary/aromatic N) is 3. The first-order chi connectivity index (χ1) is 5.79. The molecule has 5 nitrogen and oxygen atoms in total. The van der Waals surface area contributed by atoms with E-state index in [9.17, 15) is 0 Å². The van der Waals surface area contributed by atoms with E-state index in [-0.39, 0.29) is 5.11 Å². The molecule has 0 aliphatic heterocycles. The van der Waals surface area contributed by atoms with E-state index in [1.165, 1.54) is 12.5 Å². The van der Waals surface area contributed by atoms with Gasteiger partial charge in [-0.25, -0.2) is 9.97 Å². The molecule has 0 bridgehead atoms. The first kappa shape index (κ1) is 8.54. The van der Waals surface area contributed by atoms with Crippen LogP contribution in [0.3, 0.4) is 0 Å². The Kier molecular flexibility index (Phi) is 3.09. The van der Waals surface area contributed by atoms with Gasteiger partial charge in [-0.05, 0) is 18.3 Å². The van der Waals surface area contributed by atoms with E-state index in [0.29, 0.717) is 5.69 Å². The Labute approximate surface area is 74.7 Å². The lowest BCUT2D eigenvalue weighted by Crippen LogP contribution is -2.24. The predicted molar refractivity (Wildman–Crippen MR) is 49.5 cm³/mol. The number of thiocarbonyl (C=S) groups is 1. The second-order valence-corrected chi connectivity index (χ2v) is 2.31. The minimum Gasteiger partial charge on any atom is -0.375 e. The van der Waals surface area contributed by atoms with E-state index in [2.05, 4.69) is 32.7 Å². The zero-order valence-electron chi connectivity index (χ0n) is 6.14. The van der Waals surface area contributed by atoms with Gasteiger partial charge in [0.05, 0.1) is 11.9 Å². The molecule has 6 heteroatoms. The highest BCUT2D eigenvalue weighted by Gasteiger charge is 1.85. The molecule has 1 heterocycles. The van der Waals surface area contributed by atoms with E-state index in [1.807, 2.05) is 0 Å². The standard InChI is InChI=1S/C6H7N5S/c7-6(12)11-10-3-5-1-2-8-4-9-5/h1-4H,(H3,7,11,12). The highest BCUT2D eigenvalue weighted by Crippen LogP contribution is 1.83. The quantitative estimate of drug-likeness (QED) is 0.370. The number of rotatable bonds is 2. The minimum absolute atomic E-state index is 0.125. The Balaban J connectivity index is 2.52. The van der Waals surface area contributed by atoms with Gasteiger partial charge in [-0.2, -0.15) is 5.10 Å². The maximum absolute atomic E-state index is 5.13. The van der Waals surface area contributed by atoms with Crippen molar-refractivity contribution in [3.63, 3.8) is 0 Å². The van der Waals surface area contributed by atoms with Gasteiger partial charge in [-0.3, -0.25) is 5.43 Å². The molecule has 0 saturated carbocycles. The molecule has 0 spiro atoms. The van der Waals surface area contributed by atoms with Crippen LogP contribution in [-0.2, 0) is 0 Å². The van der Waals surface area contributed by atoms with Crippen LogP contribution in [0.5, 0.6) is 0 Å². The van der Waals surface area contributed by atoms with Crippen LogP contribution >= 0.6 is 12.2 Å². The molecule has 0 fully saturated rings. The summed E-state index contributed by atoms with van der Waals surface area (Å²) in [5, 5.41) is 3.83. The summed E-state index contributed by atoms with van der Waals surface area (Å²) in [6.45, 7) is 0. The third-order valence-electron chi connectivity index (χ3n) is 0.976. The van der Waals surface area contributed by atoms with Gasteiger partial charge in [-0.15, -0.1) is 0 Å². The molecule has 0 aromatic carbocycles. The van der Waals surface area contributed by atoms with E-state index in [0.717, 1.165) is 0 Å². The average Bonchev–Trinajstić information content (AvgIpc) is 2.05. The second-order valence-electron chi connectivity index (χ2n) is 1.87. The van der Waals surface area contributed by atoms with Crippen LogP contribution in [0.2, 0.25) is 0 Å².